The highest BCUT2D eigenvalue weighted by molar-refractivity contribution is 5.89. The number of fused-ring (bicyclic) bond motifs is 2. The summed E-state index contributed by atoms with van der Waals surface area (Å²) < 4.78 is 0. The highest BCUT2D eigenvalue weighted by Gasteiger charge is 2.26. The van der Waals surface area contributed by atoms with Crippen molar-refractivity contribution in [1.82, 2.24) is 44.6 Å². The van der Waals surface area contributed by atoms with Gasteiger partial charge in [0.25, 0.3) is 0 Å². The summed E-state index contributed by atoms with van der Waals surface area (Å²) in [5.41, 5.74) is 6.31. The Kier molecular flexibility index (Phi) is 13.6. The Morgan fingerprint density at radius 2 is 1.40 bits per heavy atom. The molecule has 13 nitrogen and oxygen atoms in total. The molecular formula is C42H56N12O. The zero-order chi connectivity index (χ0) is 38.7. The lowest BCUT2D eigenvalue weighted by molar-refractivity contribution is 0.111. The third-order valence-electron chi connectivity index (χ3n) is 10.5. The number of aryl methyl sites for hydroxylation is 3. The van der Waals surface area contributed by atoms with Crippen LogP contribution >= 0.6 is 0 Å². The first-order chi connectivity index (χ1) is 26.7. The number of pyridine rings is 2. The molecule has 5 aromatic rings. The topological polar surface area (TPSA) is 123 Å². The number of rotatable bonds is 7. The maximum Gasteiger partial charge on any atom is 0.168 e. The lowest BCUT2D eigenvalue weighted by Crippen LogP contribution is -2.45. The first kappa shape index (κ1) is 39.6. The standard InChI is InChI=1S/C21H30N6.C11H16N4O.C10H10N2/c1-16-23-18(14-20(24-16)27-12-10-25(2)11-13-27)15-26(3)19-8-4-6-17-7-5-9-22-21(17)19;1-9-12-10(8-16)7-11(13-9)15-5-3-14(2)4-6-15;1-11-9-6-2-4-8-5-3-7-12-10(8)9/h5,7,9,14,19H,4,6,8,10-13,15H2,1-3H3;7-8H,3-6H2,1-2H3;2-7,11H,1H3. The average molecular weight is 745 g/mol. The molecule has 1 unspecified atom stereocenters. The highest BCUT2D eigenvalue weighted by Crippen LogP contribution is 2.33. The first-order valence-corrected chi connectivity index (χ1v) is 19.4. The zero-order valence-corrected chi connectivity index (χ0v) is 33.3. The van der Waals surface area contributed by atoms with E-state index in [0.717, 1.165) is 112 Å². The summed E-state index contributed by atoms with van der Waals surface area (Å²) in [6.45, 7) is 12.8. The number of carbonyl (C=O) groups excluding carboxylic acids is 1. The van der Waals surface area contributed by atoms with Crippen LogP contribution in [0, 0.1) is 13.8 Å². The molecule has 1 atom stereocenters. The Labute approximate surface area is 325 Å². The van der Waals surface area contributed by atoms with Gasteiger partial charge < -0.3 is 24.9 Å². The predicted molar refractivity (Wildman–Crippen MR) is 221 cm³/mol. The Morgan fingerprint density at radius 1 is 0.782 bits per heavy atom. The zero-order valence-electron chi connectivity index (χ0n) is 33.3. The fourth-order valence-corrected chi connectivity index (χ4v) is 7.41. The molecular weight excluding hydrogens is 689 g/mol. The van der Waals surface area contributed by atoms with Crippen molar-refractivity contribution >= 4 is 34.5 Å². The van der Waals surface area contributed by atoms with Crippen LogP contribution in [-0.2, 0) is 13.0 Å². The minimum Gasteiger partial charge on any atom is -0.386 e. The van der Waals surface area contributed by atoms with Crippen molar-refractivity contribution < 1.29 is 4.79 Å². The molecule has 0 saturated carbocycles. The molecule has 0 bridgehead atoms. The Bertz CT molecular complexity index is 2000. The number of hydrogen-bond acceptors (Lipinski definition) is 13. The molecule has 0 spiro atoms. The number of hydrogen-bond donors (Lipinski definition) is 1. The molecule has 2 aliphatic heterocycles. The van der Waals surface area contributed by atoms with Gasteiger partial charge in [0.1, 0.15) is 29.0 Å². The predicted octanol–water partition coefficient (Wildman–Crippen LogP) is 5.07. The fourth-order valence-electron chi connectivity index (χ4n) is 7.41. The van der Waals surface area contributed by atoms with Gasteiger partial charge in [-0.1, -0.05) is 24.3 Å². The summed E-state index contributed by atoms with van der Waals surface area (Å²) in [5, 5.41) is 4.28. The molecule has 1 N–H and O–H groups in total. The number of para-hydroxylation sites is 1. The maximum absolute atomic E-state index is 10.7. The number of nitrogens with zero attached hydrogens (tertiary/aromatic N) is 11. The number of benzene rings is 1. The summed E-state index contributed by atoms with van der Waals surface area (Å²) in [6.07, 6.45) is 8.04. The molecule has 1 aromatic carbocycles. The number of likely N-dealkylation sites (N-methyl/N-ethyl adjacent to an activating group) is 2. The van der Waals surface area contributed by atoms with Crippen LogP contribution in [0.25, 0.3) is 10.9 Å². The van der Waals surface area contributed by atoms with Crippen molar-refractivity contribution in [2.75, 3.05) is 95.7 Å². The number of anilines is 3. The van der Waals surface area contributed by atoms with Crippen LogP contribution in [0.15, 0.2) is 67.0 Å². The quantitative estimate of drug-likeness (QED) is 0.224. The minimum atomic E-state index is 0.373. The molecule has 0 radical (unpaired) electrons. The van der Waals surface area contributed by atoms with E-state index in [0.29, 0.717) is 17.6 Å². The lowest BCUT2D eigenvalue weighted by Gasteiger charge is -2.34. The number of nitrogens with one attached hydrogen (secondary N) is 1. The van der Waals surface area contributed by atoms with E-state index in [1.165, 1.54) is 23.1 Å². The van der Waals surface area contributed by atoms with E-state index in [2.05, 4.69) is 96.2 Å². The van der Waals surface area contributed by atoms with E-state index < -0.39 is 0 Å². The van der Waals surface area contributed by atoms with Gasteiger partial charge in [-0.05, 0) is 78.0 Å². The Morgan fingerprint density at radius 3 is 2.07 bits per heavy atom. The van der Waals surface area contributed by atoms with Gasteiger partial charge in [-0.15, -0.1) is 0 Å². The van der Waals surface area contributed by atoms with Crippen molar-refractivity contribution in [3.63, 3.8) is 0 Å². The van der Waals surface area contributed by atoms with Crippen LogP contribution in [0.3, 0.4) is 0 Å². The first-order valence-electron chi connectivity index (χ1n) is 19.4. The summed E-state index contributed by atoms with van der Waals surface area (Å²) in [5.74, 6) is 3.44. The Hall–Kier alpha value is -5.11. The minimum absolute atomic E-state index is 0.373. The summed E-state index contributed by atoms with van der Waals surface area (Å²) in [7, 11) is 8.39. The molecule has 1 aliphatic carbocycles. The largest absolute Gasteiger partial charge is 0.386 e. The fraction of sp³-hybridized carbons (Fsp3) is 0.452. The van der Waals surface area contributed by atoms with Crippen LogP contribution in [0.1, 0.15) is 58.0 Å². The van der Waals surface area contributed by atoms with E-state index in [1.807, 2.05) is 51.5 Å². The molecule has 6 heterocycles. The van der Waals surface area contributed by atoms with E-state index in [-0.39, 0.29) is 0 Å². The number of piperazine rings is 2. The molecule has 0 amide bonds. The van der Waals surface area contributed by atoms with E-state index in [4.69, 9.17) is 15.0 Å². The van der Waals surface area contributed by atoms with Gasteiger partial charge in [-0.2, -0.15) is 0 Å². The average Bonchev–Trinajstić information content (AvgIpc) is 3.21. The number of aldehydes is 1. The molecule has 55 heavy (non-hydrogen) atoms. The van der Waals surface area contributed by atoms with Crippen molar-refractivity contribution in [3.05, 3.63) is 101 Å². The Balaban J connectivity index is 0.000000155. The molecule has 3 aliphatic rings. The van der Waals surface area contributed by atoms with Gasteiger partial charge in [0.05, 0.1) is 28.6 Å². The summed E-state index contributed by atoms with van der Waals surface area (Å²) in [4.78, 5) is 49.2. The third-order valence-corrected chi connectivity index (χ3v) is 10.5. The normalized spacial score (nSPS) is 17.5. The lowest BCUT2D eigenvalue weighted by atomic mass is 9.91. The van der Waals surface area contributed by atoms with Gasteiger partial charge in [-0.3, -0.25) is 19.7 Å². The molecule has 2 saturated heterocycles. The smallest absolute Gasteiger partial charge is 0.168 e. The molecule has 4 aromatic heterocycles. The monoisotopic (exact) mass is 744 g/mol. The summed E-state index contributed by atoms with van der Waals surface area (Å²) >= 11 is 0. The van der Waals surface area contributed by atoms with Crippen LogP contribution in [0.2, 0.25) is 0 Å². The van der Waals surface area contributed by atoms with Crippen LogP contribution < -0.4 is 15.1 Å². The molecule has 13 heteroatoms. The second-order valence-corrected chi connectivity index (χ2v) is 14.7. The van der Waals surface area contributed by atoms with E-state index in [1.54, 1.807) is 6.07 Å². The van der Waals surface area contributed by atoms with Crippen molar-refractivity contribution in [2.24, 2.45) is 0 Å². The van der Waals surface area contributed by atoms with Crippen molar-refractivity contribution in [1.29, 1.82) is 0 Å². The van der Waals surface area contributed by atoms with Gasteiger partial charge >= 0.3 is 0 Å². The molecule has 2 fully saturated rings. The molecule has 8 rings (SSSR count). The highest BCUT2D eigenvalue weighted by atomic mass is 16.1. The SMILES string of the molecule is CNc1cccc2cccnc12.Cc1nc(C=O)cc(N2CCN(C)CC2)n1.Cc1nc(CN(C)C2CCCc3cccnc32)cc(N2CCN(C)CC2)n1. The van der Waals surface area contributed by atoms with E-state index >= 15 is 0 Å². The maximum atomic E-state index is 10.7. The second kappa shape index (κ2) is 19.0. The van der Waals surface area contributed by atoms with Gasteiger partial charge in [0.15, 0.2) is 6.29 Å². The van der Waals surface area contributed by atoms with Gasteiger partial charge in [0, 0.05) is 95.9 Å². The second-order valence-electron chi connectivity index (χ2n) is 14.7. The van der Waals surface area contributed by atoms with Crippen LogP contribution in [0.4, 0.5) is 17.3 Å². The van der Waals surface area contributed by atoms with Crippen LogP contribution in [-0.4, -0.2) is 131 Å². The summed E-state index contributed by atoms with van der Waals surface area (Å²) in [6, 6.07) is 18.7. The van der Waals surface area contributed by atoms with Gasteiger partial charge in [-0.25, -0.2) is 19.9 Å². The number of aromatic nitrogens is 6. The van der Waals surface area contributed by atoms with E-state index in [9.17, 15) is 4.79 Å². The van der Waals surface area contributed by atoms with Crippen molar-refractivity contribution in [2.45, 2.75) is 45.7 Å². The van der Waals surface area contributed by atoms with Gasteiger partial charge in [0.2, 0.25) is 0 Å². The van der Waals surface area contributed by atoms with Crippen LogP contribution in [0.5, 0.6) is 0 Å². The number of carbonyl (C=O) groups is 1. The van der Waals surface area contributed by atoms with Crippen molar-refractivity contribution in [3.8, 4) is 0 Å². The molecule has 290 valence electrons. The third kappa shape index (κ3) is 10.6.